The van der Waals surface area contributed by atoms with E-state index in [1.54, 1.807) is 0 Å². The molecule has 0 aliphatic rings. The maximum atomic E-state index is 12.8. The van der Waals surface area contributed by atoms with E-state index in [0.717, 1.165) is 0 Å². The van der Waals surface area contributed by atoms with Crippen molar-refractivity contribution in [1.82, 2.24) is 0 Å². The van der Waals surface area contributed by atoms with Gasteiger partial charge in [0.15, 0.2) is 0 Å². The fourth-order valence-corrected chi connectivity index (χ4v) is 1.02. The van der Waals surface area contributed by atoms with Crippen LogP contribution in [0.5, 0.6) is 0 Å². The fraction of sp³-hybridized carbons (Fsp3) is 0.125. The van der Waals surface area contributed by atoms with Crippen LogP contribution in [0.15, 0.2) is 12.1 Å². The molecule has 0 bridgehead atoms. The average molecular weight is 185 g/mol. The van der Waals surface area contributed by atoms with Crippen LogP contribution in [0.3, 0.4) is 0 Å². The van der Waals surface area contributed by atoms with Gasteiger partial charge in [-0.1, -0.05) is 11.6 Å². The van der Waals surface area contributed by atoms with E-state index in [-0.39, 0.29) is 11.6 Å². The molecule has 0 aliphatic carbocycles. The van der Waals surface area contributed by atoms with Gasteiger partial charge < -0.3 is 5.73 Å². The van der Waals surface area contributed by atoms with E-state index >= 15 is 0 Å². The van der Waals surface area contributed by atoms with Crippen LogP contribution in [-0.2, 0) is 6.54 Å². The lowest BCUT2D eigenvalue weighted by Gasteiger charge is -2.01. The van der Waals surface area contributed by atoms with Gasteiger partial charge in [0.2, 0.25) is 0 Å². The topological polar surface area (TPSA) is 49.8 Å². The summed E-state index contributed by atoms with van der Waals surface area (Å²) in [6, 6.07) is 4.34. The van der Waals surface area contributed by atoms with E-state index in [1.807, 2.05) is 6.07 Å². The summed E-state index contributed by atoms with van der Waals surface area (Å²) in [6.45, 7) is 0.136. The minimum absolute atomic E-state index is 0.0521. The molecule has 0 aliphatic heterocycles. The predicted molar refractivity (Wildman–Crippen MR) is 44.0 cm³/mol. The number of rotatable bonds is 1. The van der Waals surface area contributed by atoms with Gasteiger partial charge in [0.25, 0.3) is 0 Å². The van der Waals surface area contributed by atoms with Crippen molar-refractivity contribution in [2.24, 2.45) is 5.73 Å². The zero-order chi connectivity index (χ0) is 9.14. The fourth-order valence-electron chi connectivity index (χ4n) is 0.861. The van der Waals surface area contributed by atoms with E-state index in [1.165, 1.54) is 12.1 Å². The number of hydrogen-bond acceptors (Lipinski definition) is 2. The monoisotopic (exact) mass is 184 g/mol. The molecule has 0 unspecified atom stereocenters. The van der Waals surface area contributed by atoms with Crippen LogP contribution in [-0.4, -0.2) is 0 Å². The second-order valence-electron chi connectivity index (χ2n) is 2.24. The summed E-state index contributed by atoms with van der Waals surface area (Å²) in [4.78, 5) is 0. The Labute approximate surface area is 74.4 Å². The van der Waals surface area contributed by atoms with Gasteiger partial charge in [-0.25, -0.2) is 4.39 Å². The SMILES string of the molecule is N#Cc1cc(Cl)c(F)cc1CN. The Bertz CT molecular complexity index is 344. The van der Waals surface area contributed by atoms with Crippen molar-refractivity contribution < 1.29 is 4.39 Å². The van der Waals surface area contributed by atoms with Crippen molar-refractivity contribution >= 4 is 11.6 Å². The molecule has 0 heterocycles. The van der Waals surface area contributed by atoms with E-state index in [2.05, 4.69) is 0 Å². The predicted octanol–water partition coefficient (Wildman–Crippen LogP) is 1.81. The number of hydrogen-bond donors (Lipinski definition) is 1. The summed E-state index contributed by atoms with van der Waals surface area (Å²) in [6.07, 6.45) is 0. The Balaban J connectivity index is 3.31. The molecule has 0 fully saturated rings. The molecule has 0 saturated carbocycles. The van der Waals surface area contributed by atoms with Crippen LogP contribution >= 0.6 is 11.6 Å². The highest BCUT2D eigenvalue weighted by Gasteiger charge is 2.06. The Morgan fingerprint density at radius 2 is 2.25 bits per heavy atom. The maximum Gasteiger partial charge on any atom is 0.142 e. The van der Waals surface area contributed by atoms with E-state index < -0.39 is 5.82 Å². The van der Waals surface area contributed by atoms with Crippen LogP contribution in [0.4, 0.5) is 4.39 Å². The highest BCUT2D eigenvalue weighted by atomic mass is 35.5. The minimum atomic E-state index is -0.545. The summed E-state index contributed by atoms with van der Waals surface area (Å²) in [7, 11) is 0. The van der Waals surface area contributed by atoms with Gasteiger partial charge in [0, 0.05) is 6.54 Å². The Morgan fingerprint density at radius 3 is 2.75 bits per heavy atom. The van der Waals surface area contributed by atoms with Crippen LogP contribution in [0, 0.1) is 17.1 Å². The van der Waals surface area contributed by atoms with Crippen LogP contribution < -0.4 is 5.73 Å². The molecule has 2 nitrogen and oxygen atoms in total. The average Bonchev–Trinajstić information content (AvgIpc) is 2.09. The molecule has 1 rings (SSSR count). The maximum absolute atomic E-state index is 12.8. The summed E-state index contributed by atoms with van der Waals surface area (Å²) in [5, 5.41) is 8.53. The van der Waals surface area contributed by atoms with E-state index in [4.69, 9.17) is 22.6 Å². The van der Waals surface area contributed by atoms with Crippen LogP contribution in [0.2, 0.25) is 5.02 Å². The normalized spacial score (nSPS) is 9.50. The van der Waals surface area contributed by atoms with Gasteiger partial charge in [-0.15, -0.1) is 0 Å². The number of benzene rings is 1. The molecule has 0 atom stereocenters. The third kappa shape index (κ3) is 1.55. The van der Waals surface area contributed by atoms with Gasteiger partial charge in [0.05, 0.1) is 16.7 Å². The first-order valence-electron chi connectivity index (χ1n) is 3.27. The van der Waals surface area contributed by atoms with E-state index in [9.17, 15) is 4.39 Å². The summed E-state index contributed by atoms with van der Waals surface area (Å²) >= 11 is 5.45. The highest BCUT2D eigenvalue weighted by Crippen LogP contribution is 2.19. The van der Waals surface area contributed by atoms with Crippen molar-refractivity contribution in [1.29, 1.82) is 5.26 Å². The zero-order valence-electron chi connectivity index (χ0n) is 6.14. The third-order valence-electron chi connectivity index (χ3n) is 1.49. The first-order valence-corrected chi connectivity index (χ1v) is 3.65. The number of nitrogens with zero attached hydrogens (tertiary/aromatic N) is 1. The molecule has 0 saturated heterocycles. The lowest BCUT2D eigenvalue weighted by Crippen LogP contribution is -2.00. The first kappa shape index (κ1) is 8.98. The minimum Gasteiger partial charge on any atom is -0.326 e. The molecule has 4 heteroatoms. The standard InChI is InChI=1S/C8H6ClFN2/c9-7-1-5(3-11)6(4-12)2-8(7)10/h1-2H,4,12H2. The molecule has 62 valence electrons. The second kappa shape index (κ2) is 3.53. The lowest BCUT2D eigenvalue weighted by atomic mass is 10.1. The molecule has 2 N–H and O–H groups in total. The van der Waals surface area contributed by atoms with Crippen molar-refractivity contribution in [3.05, 3.63) is 34.1 Å². The molecule has 1 aromatic carbocycles. The summed E-state index contributed by atoms with van der Waals surface area (Å²) < 4.78 is 12.8. The molecular weight excluding hydrogens is 179 g/mol. The van der Waals surface area contributed by atoms with Gasteiger partial charge in [-0.2, -0.15) is 5.26 Å². The van der Waals surface area contributed by atoms with Crippen molar-refractivity contribution in [2.75, 3.05) is 0 Å². The third-order valence-corrected chi connectivity index (χ3v) is 1.78. The molecule has 0 radical (unpaired) electrons. The smallest absolute Gasteiger partial charge is 0.142 e. The molecule has 12 heavy (non-hydrogen) atoms. The summed E-state index contributed by atoms with van der Waals surface area (Å²) in [5.41, 5.74) is 6.08. The second-order valence-corrected chi connectivity index (χ2v) is 2.65. The quantitative estimate of drug-likeness (QED) is 0.724. The van der Waals surface area contributed by atoms with Gasteiger partial charge >= 0.3 is 0 Å². The Kier molecular flexibility index (Phi) is 2.64. The van der Waals surface area contributed by atoms with Gasteiger partial charge in [0.1, 0.15) is 5.82 Å². The van der Waals surface area contributed by atoms with Gasteiger partial charge in [-0.05, 0) is 17.7 Å². The van der Waals surface area contributed by atoms with Gasteiger partial charge in [-0.3, -0.25) is 0 Å². The Hall–Kier alpha value is -1.11. The molecular formula is C8H6ClFN2. The highest BCUT2D eigenvalue weighted by molar-refractivity contribution is 6.30. The Morgan fingerprint density at radius 1 is 1.58 bits per heavy atom. The zero-order valence-corrected chi connectivity index (χ0v) is 6.90. The number of halogens is 2. The largest absolute Gasteiger partial charge is 0.326 e. The first-order chi connectivity index (χ1) is 5.69. The number of nitrogens with two attached hydrogens (primary N) is 1. The molecule has 1 aromatic rings. The van der Waals surface area contributed by atoms with Crippen molar-refractivity contribution in [3.8, 4) is 6.07 Å². The lowest BCUT2D eigenvalue weighted by molar-refractivity contribution is 0.625. The van der Waals surface area contributed by atoms with E-state index in [0.29, 0.717) is 11.1 Å². The molecule has 0 aromatic heterocycles. The molecule has 0 amide bonds. The molecule has 0 spiro atoms. The van der Waals surface area contributed by atoms with Crippen molar-refractivity contribution in [2.45, 2.75) is 6.54 Å². The summed E-state index contributed by atoms with van der Waals surface area (Å²) in [5.74, 6) is -0.545. The van der Waals surface area contributed by atoms with Crippen LogP contribution in [0.1, 0.15) is 11.1 Å². The van der Waals surface area contributed by atoms with Crippen LogP contribution in [0.25, 0.3) is 0 Å². The number of nitriles is 1. The van der Waals surface area contributed by atoms with Crippen molar-refractivity contribution in [3.63, 3.8) is 0 Å².